The molecule has 0 saturated heterocycles. The standard InChI is InChI=1S/C11H25FN2/c1-4-14(5-2)10-6-7-11(3)13-9-8-12/h11,13H,4-10H2,1-3H3. The van der Waals surface area contributed by atoms with Crippen molar-refractivity contribution in [3.8, 4) is 0 Å². The molecular weight excluding hydrogens is 179 g/mol. The summed E-state index contributed by atoms with van der Waals surface area (Å²) in [6.07, 6.45) is 2.33. The number of nitrogens with one attached hydrogen (secondary N) is 1. The number of halogens is 1. The Balaban J connectivity index is 3.33. The predicted octanol–water partition coefficient (Wildman–Crippen LogP) is 2.06. The first kappa shape index (κ1) is 13.8. The van der Waals surface area contributed by atoms with Gasteiger partial charge in [-0.2, -0.15) is 0 Å². The van der Waals surface area contributed by atoms with Crippen LogP contribution in [0.1, 0.15) is 33.6 Å². The third-order valence-electron chi connectivity index (χ3n) is 2.59. The molecule has 0 aromatic carbocycles. The van der Waals surface area contributed by atoms with Crippen LogP contribution in [0.25, 0.3) is 0 Å². The van der Waals surface area contributed by atoms with Gasteiger partial charge in [0, 0.05) is 12.6 Å². The summed E-state index contributed by atoms with van der Waals surface area (Å²) >= 11 is 0. The molecule has 3 heteroatoms. The minimum atomic E-state index is -0.264. The van der Waals surface area contributed by atoms with Crippen molar-refractivity contribution in [2.24, 2.45) is 0 Å². The molecule has 0 saturated carbocycles. The van der Waals surface area contributed by atoms with Crippen LogP contribution in [0.5, 0.6) is 0 Å². The summed E-state index contributed by atoms with van der Waals surface area (Å²) in [6, 6.07) is 0.446. The lowest BCUT2D eigenvalue weighted by molar-refractivity contribution is 0.289. The number of alkyl halides is 1. The molecule has 0 aromatic heterocycles. The van der Waals surface area contributed by atoms with E-state index in [2.05, 4.69) is 31.0 Å². The first-order chi connectivity index (χ1) is 6.74. The summed E-state index contributed by atoms with van der Waals surface area (Å²) in [6.45, 7) is 10.1. The van der Waals surface area contributed by atoms with E-state index >= 15 is 0 Å². The van der Waals surface area contributed by atoms with Gasteiger partial charge in [-0.25, -0.2) is 4.39 Å². The highest BCUT2D eigenvalue weighted by Crippen LogP contribution is 1.99. The molecule has 0 aromatic rings. The van der Waals surface area contributed by atoms with Gasteiger partial charge in [0.2, 0.25) is 0 Å². The largest absolute Gasteiger partial charge is 0.312 e. The first-order valence-corrected chi connectivity index (χ1v) is 5.76. The Morgan fingerprint density at radius 1 is 1.29 bits per heavy atom. The molecule has 1 atom stereocenters. The molecule has 0 spiro atoms. The summed E-state index contributed by atoms with van der Waals surface area (Å²) in [5.41, 5.74) is 0. The molecule has 0 aliphatic carbocycles. The van der Waals surface area contributed by atoms with E-state index in [1.165, 1.54) is 6.42 Å². The van der Waals surface area contributed by atoms with Gasteiger partial charge in [0.15, 0.2) is 0 Å². The summed E-state index contributed by atoms with van der Waals surface area (Å²) in [7, 11) is 0. The fourth-order valence-corrected chi connectivity index (χ4v) is 1.56. The van der Waals surface area contributed by atoms with E-state index in [1.807, 2.05) is 0 Å². The minimum absolute atomic E-state index is 0.264. The smallest absolute Gasteiger partial charge is 0.102 e. The normalized spacial score (nSPS) is 13.5. The second kappa shape index (κ2) is 9.41. The van der Waals surface area contributed by atoms with Crippen LogP contribution in [0.4, 0.5) is 4.39 Å². The molecule has 0 radical (unpaired) electrons. The van der Waals surface area contributed by atoms with E-state index in [1.54, 1.807) is 0 Å². The zero-order valence-corrected chi connectivity index (χ0v) is 9.85. The van der Waals surface area contributed by atoms with E-state index in [-0.39, 0.29) is 6.67 Å². The highest BCUT2D eigenvalue weighted by atomic mass is 19.1. The maximum absolute atomic E-state index is 11.8. The van der Waals surface area contributed by atoms with Gasteiger partial charge in [0.1, 0.15) is 6.67 Å². The highest BCUT2D eigenvalue weighted by Gasteiger charge is 2.02. The van der Waals surface area contributed by atoms with E-state index in [4.69, 9.17) is 0 Å². The Bertz CT molecular complexity index is 116. The number of nitrogens with zero attached hydrogens (tertiary/aromatic N) is 1. The second-order valence-corrected chi connectivity index (χ2v) is 3.71. The van der Waals surface area contributed by atoms with Gasteiger partial charge in [-0.3, -0.25) is 0 Å². The topological polar surface area (TPSA) is 15.3 Å². The Morgan fingerprint density at radius 2 is 1.93 bits per heavy atom. The van der Waals surface area contributed by atoms with Gasteiger partial charge in [-0.15, -0.1) is 0 Å². The average Bonchev–Trinajstić information content (AvgIpc) is 2.21. The van der Waals surface area contributed by atoms with Crippen molar-refractivity contribution in [3.05, 3.63) is 0 Å². The maximum atomic E-state index is 11.8. The quantitative estimate of drug-likeness (QED) is 0.618. The zero-order valence-electron chi connectivity index (χ0n) is 9.85. The third kappa shape index (κ3) is 7.27. The van der Waals surface area contributed by atoms with Crippen LogP contribution in [0, 0.1) is 0 Å². The van der Waals surface area contributed by atoms with Crippen molar-refractivity contribution < 1.29 is 4.39 Å². The molecule has 1 unspecified atom stereocenters. The van der Waals surface area contributed by atoms with Gasteiger partial charge in [0.25, 0.3) is 0 Å². The molecule has 86 valence electrons. The monoisotopic (exact) mass is 204 g/mol. The first-order valence-electron chi connectivity index (χ1n) is 5.76. The van der Waals surface area contributed by atoms with Crippen LogP contribution in [-0.2, 0) is 0 Å². The van der Waals surface area contributed by atoms with Gasteiger partial charge in [-0.1, -0.05) is 13.8 Å². The molecule has 0 amide bonds. The van der Waals surface area contributed by atoms with Crippen molar-refractivity contribution >= 4 is 0 Å². The molecule has 14 heavy (non-hydrogen) atoms. The van der Waals surface area contributed by atoms with Gasteiger partial charge < -0.3 is 10.2 Å². The van der Waals surface area contributed by atoms with Crippen molar-refractivity contribution in [2.75, 3.05) is 32.9 Å². The van der Waals surface area contributed by atoms with Crippen LogP contribution < -0.4 is 5.32 Å². The van der Waals surface area contributed by atoms with E-state index < -0.39 is 0 Å². The van der Waals surface area contributed by atoms with Crippen LogP contribution >= 0.6 is 0 Å². The molecular formula is C11H25FN2. The van der Waals surface area contributed by atoms with Gasteiger partial charge in [0.05, 0.1) is 0 Å². The summed E-state index contributed by atoms with van der Waals surface area (Å²) < 4.78 is 11.8. The lowest BCUT2D eigenvalue weighted by atomic mass is 10.2. The van der Waals surface area contributed by atoms with Crippen LogP contribution in [0.3, 0.4) is 0 Å². The van der Waals surface area contributed by atoms with Crippen LogP contribution in [-0.4, -0.2) is 43.8 Å². The SMILES string of the molecule is CCN(CC)CCCC(C)NCCF. The van der Waals surface area contributed by atoms with Gasteiger partial charge >= 0.3 is 0 Å². The van der Waals surface area contributed by atoms with Gasteiger partial charge in [-0.05, 0) is 39.4 Å². The van der Waals surface area contributed by atoms with Crippen molar-refractivity contribution in [1.82, 2.24) is 10.2 Å². The van der Waals surface area contributed by atoms with Crippen molar-refractivity contribution in [2.45, 2.75) is 39.7 Å². The Kier molecular flexibility index (Phi) is 9.31. The van der Waals surface area contributed by atoms with Crippen LogP contribution in [0.2, 0.25) is 0 Å². The molecule has 0 heterocycles. The molecule has 0 aliphatic rings. The number of hydrogen-bond donors (Lipinski definition) is 1. The molecule has 0 fully saturated rings. The van der Waals surface area contributed by atoms with Crippen molar-refractivity contribution in [3.63, 3.8) is 0 Å². The lowest BCUT2D eigenvalue weighted by Crippen LogP contribution is -2.30. The number of rotatable bonds is 9. The Morgan fingerprint density at radius 3 is 2.43 bits per heavy atom. The molecule has 0 aliphatic heterocycles. The maximum Gasteiger partial charge on any atom is 0.102 e. The molecule has 0 bridgehead atoms. The predicted molar refractivity (Wildman–Crippen MR) is 60.5 cm³/mol. The molecule has 2 nitrogen and oxygen atoms in total. The summed E-state index contributed by atoms with van der Waals surface area (Å²) in [4.78, 5) is 2.42. The van der Waals surface area contributed by atoms with E-state index in [0.717, 1.165) is 26.1 Å². The fourth-order valence-electron chi connectivity index (χ4n) is 1.56. The number of hydrogen-bond acceptors (Lipinski definition) is 2. The fraction of sp³-hybridized carbons (Fsp3) is 1.00. The molecule has 1 N–H and O–H groups in total. The lowest BCUT2D eigenvalue weighted by Gasteiger charge is -2.19. The Labute approximate surface area is 87.9 Å². The molecule has 0 rings (SSSR count). The summed E-state index contributed by atoms with van der Waals surface area (Å²) in [5.74, 6) is 0. The van der Waals surface area contributed by atoms with Crippen LogP contribution in [0.15, 0.2) is 0 Å². The van der Waals surface area contributed by atoms with E-state index in [0.29, 0.717) is 12.6 Å². The highest BCUT2D eigenvalue weighted by molar-refractivity contribution is 4.62. The van der Waals surface area contributed by atoms with E-state index in [9.17, 15) is 4.39 Å². The summed E-state index contributed by atoms with van der Waals surface area (Å²) in [5, 5.41) is 3.15. The zero-order chi connectivity index (χ0) is 10.8. The minimum Gasteiger partial charge on any atom is -0.312 e. The second-order valence-electron chi connectivity index (χ2n) is 3.71. The average molecular weight is 204 g/mol. The Hall–Kier alpha value is -0.150. The van der Waals surface area contributed by atoms with Crippen molar-refractivity contribution in [1.29, 1.82) is 0 Å². The third-order valence-corrected chi connectivity index (χ3v) is 2.59.